The van der Waals surface area contributed by atoms with E-state index < -0.39 is 0 Å². The Morgan fingerprint density at radius 3 is 1.06 bits per heavy atom. The molecule has 0 unspecified atom stereocenters. The van der Waals surface area contributed by atoms with E-state index in [9.17, 15) is 0 Å². The highest BCUT2D eigenvalue weighted by molar-refractivity contribution is 6.19. The van der Waals surface area contributed by atoms with Crippen molar-refractivity contribution in [3.05, 3.63) is 78.4 Å². The van der Waals surface area contributed by atoms with Crippen molar-refractivity contribution in [2.75, 3.05) is 19.8 Å². The van der Waals surface area contributed by atoms with E-state index in [-0.39, 0.29) is 0 Å². The first-order valence-corrected chi connectivity index (χ1v) is 21.6. The van der Waals surface area contributed by atoms with Crippen molar-refractivity contribution in [1.82, 2.24) is 0 Å². The van der Waals surface area contributed by atoms with E-state index in [4.69, 9.17) is 14.2 Å². The Morgan fingerprint density at radius 1 is 0.321 bits per heavy atom. The van der Waals surface area contributed by atoms with Gasteiger partial charge in [0.05, 0.1) is 19.8 Å². The Kier molecular flexibility index (Phi) is 17.2. The van der Waals surface area contributed by atoms with Gasteiger partial charge in [-0.15, -0.1) is 0 Å². The van der Waals surface area contributed by atoms with Crippen molar-refractivity contribution in [3.8, 4) is 28.4 Å². The highest BCUT2D eigenvalue weighted by Gasteiger charge is 2.26. The molecule has 0 saturated carbocycles. The van der Waals surface area contributed by atoms with Gasteiger partial charge < -0.3 is 14.2 Å². The first kappa shape index (κ1) is 40.5. The summed E-state index contributed by atoms with van der Waals surface area (Å²) in [7, 11) is 0. The molecule has 0 heterocycles. The van der Waals surface area contributed by atoms with Crippen LogP contribution < -0.4 is 14.2 Å². The van der Waals surface area contributed by atoms with Gasteiger partial charge in [-0.05, 0) is 36.5 Å². The van der Waals surface area contributed by atoms with Gasteiger partial charge in [-0.2, -0.15) is 0 Å². The van der Waals surface area contributed by atoms with Gasteiger partial charge >= 0.3 is 0 Å². The second-order valence-electron chi connectivity index (χ2n) is 15.1. The zero-order valence-corrected chi connectivity index (χ0v) is 33.7. The summed E-state index contributed by atoms with van der Waals surface area (Å²) in [6.07, 6.45) is 23.2. The highest BCUT2D eigenvalue weighted by atomic mass is 16.5. The fraction of sp³-hybridized carbons (Fsp3) is 0.520. The summed E-state index contributed by atoms with van der Waals surface area (Å²) in [4.78, 5) is 0. The molecule has 0 saturated heterocycles. The maximum absolute atomic E-state index is 7.05. The van der Waals surface area contributed by atoms with Gasteiger partial charge in [-0.1, -0.05) is 197 Å². The van der Waals surface area contributed by atoms with Crippen LogP contribution in [0.5, 0.6) is 17.2 Å². The summed E-state index contributed by atoms with van der Waals surface area (Å²) < 4.78 is 20.7. The molecule has 0 amide bonds. The molecule has 5 rings (SSSR count). The van der Waals surface area contributed by atoms with E-state index in [1.54, 1.807) is 0 Å². The van der Waals surface area contributed by atoms with Crippen molar-refractivity contribution >= 4 is 32.3 Å². The summed E-state index contributed by atoms with van der Waals surface area (Å²) in [6.45, 7) is 11.3. The van der Waals surface area contributed by atoms with Crippen LogP contribution in [0.4, 0.5) is 0 Å². The SMILES string of the molecule is CCCCCCCCOc1c(CC)c(-c2c3ccccc3c(OCCCCCCCC)c3ccccc23)c(OCCCCCCCC)c2ccccc12. The molecule has 286 valence electrons. The molecule has 0 aliphatic carbocycles. The number of unbranched alkanes of at least 4 members (excludes halogenated alkanes) is 15. The maximum atomic E-state index is 7.05. The highest BCUT2D eigenvalue weighted by Crippen LogP contribution is 2.52. The first-order valence-electron chi connectivity index (χ1n) is 21.6. The van der Waals surface area contributed by atoms with Crippen molar-refractivity contribution < 1.29 is 14.2 Å². The molecule has 0 N–H and O–H groups in total. The Bertz CT molecular complexity index is 1760. The lowest BCUT2D eigenvalue weighted by atomic mass is 9.85. The van der Waals surface area contributed by atoms with Crippen molar-refractivity contribution in [2.24, 2.45) is 0 Å². The molecular weight excluding hydrogens is 649 g/mol. The van der Waals surface area contributed by atoms with Crippen LogP contribution in [0, 0.1) is 0 Å². The molecule has 5 aromatic carbocycles. The summed E-state index contributed by atoms with van der Waals surface area (Å²) >= 11 is 0. The smallest absolute Gasteiger partial charge is 0.135 e. The van der Waals surface area contributed by atoms with Crippen LogP contribution in [0.3, 0.4) is 0 Å². The third-order valence-corrected chi connectivity index (χ3v) is 10.9. The fourth-order valence-corrected chi connectivity index (χ4v) is 8.03. The summed E-state index contributed by atoms with van der Waals surface area (Å²) in [5.74, 6) is 3.02. The molecule has 3 nitrogen and oxygen atoms in total. The van der Waals surface area contributed by atoms with E-state index >= 15 is 0 Å². The van der Waals surface area contributed by atoms with E-state index in [2.05, 4.69) is 100 Å². The first-order chi connectivity index (χ1) is 26.2. The molecule has 0 atom stereocenters. The minimum Gasteiger partial charge on any atom is -0.493 e. The normalized spacial score (nSPS) is 11.5. The number of rotatable bonds is 26. The Labute approximate surface area is 321 Å². The van der Waals surface area contributed by atoms with Crippen LogP contribution in [-0.4, -0.2) is 19.8 Å². The minimum atomic E-state index is 0.708. The quantitative estimate of drug-likeness (QED) is 0.0421. The molecule has 53 heavy (non-hydrogen) atoms. The largest absolute Gasteiger partial charge is 0.493 e. The summed E-state index contributed by atoms with van der Waals surface area (Å²) in [6, 6.07) is 26.5. The van der Waals surface area contributed by atoms with E-state index in [1.807, 2.05) is 0 Å². The van der Waals surface area contributed by atoms with E-state index in [1.165, 1.54) is 135 Å². The third kappa shape index (κ3) is 10.7. The lowest BCUT2D eigenvalue weighted by Gasteiger charge is -2.25. The van der Waals surface area contributed by atoms with Crippen molar-refractivity contribution in [1.29, 1.82) is 0 Å². The minimum absolute atomic E-state index is 0.708. The van der Waals surface area contributed by atoms with Gasteiger partial charge in [0.25, 0.3) is 0 Å². The molecule has 5 aromatic rings. The summed E-state index contributed by atoms with van der Waals surface area (Å²) in [5.41, 5.74) is 3.65. The Morgan fingerprint density at radius 2 is 0.642 bits per heavy atom. The molecule has 0 spiro atoms. The molecular formula is C50H68O3. The standard InChI is InChI=1S/C50H68O3/c1-5-9-12-15-18-27-36-51-48-39(8-4)47(50(45-35-26-25-34-44(45)48)53-38-29-20-17-14-11-7-3)46-40-30-21-23-32-42(40)49(43-33-24-22-31-41(43)46)52-37-28-19-16-13-10-6-2/h21-26,30-35H,5-20,27-29,36-38H2,1-4H3. The van der Waals surface area contributed by atoms with E-state index in [0.29, 0.717) is 6.61 Å². The second-order valence-corrected chi connectivity index (χ2v) is 15.1. The van der Waals surface area contributed by atoms with Gasteiger partial charge in [-0.25, -0.2) is 0 Å². The van der Waals surface area contributed by atoms with Crippen molar-refractivity contribution in [2.45, 2.75) is 150 Å². The average Bonchev–Trinajstić information content (AvgIpc) is 3.19. The van der Waals surface area contributed by atoms with Crippen LogP contribution in [-0.2, 0) is 6.42 Å². The lowest BCUT2D eigenvalue weighted by molar-refractivity contribution is 0.300. The molecule has 0 aliphatic rings. The Balaban J connectivity index is 1.62. The van der Waals surface area contributed by atoms with E-state index in [0.717, 1.165) is 66.9 Å². The van der Waals surface area contributed by atoms with Crippen LogP contribution in [0.1, 0.15) is 149 Å². The number of benzene rings is 5. The van der Waals surface area contributed by atoms with Crippen LogP contribution in [0.15, 0.2) is 72.8 Å². The lowest BCUT2D eigenvalue weighted by Crippen LogP contribution is -2.07. The third-order valence-electron chi connectivity index (χ3n) is 10.9. The number of hydrogen-bond acceptors (Lipinski definition) is 3. The van der Waals surface area contributed by atoms with Gasteiger partial charge in [0, 0.05) is 38.2 Å². The monoisotopic (exact) mass is 717 g/mol. The van der Waals surface area contributed by atoms with Gasteiger partial charge in [-0.3, -0.25) is 0 Å². The number of hydrogen-bond donors (Lipinski definition) is 0. The zero-order valence-electron chi connectivity index (χ0n) is 33.7. The molecule has 0 aromatic heterocycles. The maximum Gasteiger partial charge on any atom is 0.135 e. The number of ether oxygens (including phenoxy) is 3. The molecule has 0 fully saturated rings. The van der Waals surface area contributed by atoms with Crippen LogP contribution in [0.25, 0.3) is 43.4 Å². The molecule has 0 radical (unpaired) electrons. The zero-order chi connectivity index (χ0) is 37.1. The van der Waals surface area contributed by atoms with Gasteiger partial charge in [0.2, 0.25) is 0 Å². The Hall–Kier alpha value is -3.72. The van der Waals surface area contributed by atoms with Gasteiger partial charge in [0.15, 0.2) is 0 Å². The van der Waals surface area contributed by atoms with Crippen molar-refractivity contribution in [3.63, 3.8) is 0 Å². The second kappa shape index (κ2) is 22.5. The number of fused-ring (bicyclic) bond motifs is 3. The molecule has 3 heteroatoms. The summed E-state index contributed by atoms with van der Waals surface area (Å²) in [5, 5.41) is 7.04. The molecule has 0 bridgehead atoms. The predicted octanol–water partition coefficient (Wildman–Crippen LogP) is 15.6. The van der Waals surface area contributed by atoms with Crippen LogP contribution >= 0.6 is 0 Å². The average molecular weight is 717 g/mol. The topological polar surface area (TPSA) is 27.7 Å². The predicted molar refractivity (Wildman–Crippen MR) is 230 cm³/mol. The fourth-order valence-electron chi connectivity index (χ4n) is 8.03. The van der Waals surface area contributed by atoms with Gasteiger partial charge in [0.1, 0.15) is 17.2 Å². The van der Waals surface area contributed by atoms with Crippen LogP contribution in [0.2, 0.25) is 0 Å². The molecule has 0 aliphatic heterocycles.